The predicted octanol–water partition coefficient (Wildman–Crippen LogP) is 2.99. The molecule has 3 N–H and O–H groups in total. The number of carbonyl (C=O) groups is 1. The summed E-state index contributed by atoms with van der Waals surface area (Å²) in [6, 6.07) is 6.18. The second-order valence-corrected chi connectivity index (χ2v) is 7.42. The van der Waals surface area contributed by atoms with Crippen molar-refractivity contribution >= 4 is 40.0 Å². The van der Waals surface area contributed by atoms with Gasteiger partial charge in [-0.2, -0.15) is 0 Å². The number of anilines is 1. The Labute approximate surface area is 181 Å². The maximum atomic E-state index is 11.4. The molecule has 1 atom stereocenters. The van der Waals surface area contributed by atoms with Crippen LogP contribution in [-0.4, -0.2) is 50.2 Å². The zero-order valence-electron chi connectivity index (χ0n) is 16.2. The molecule has 0 spiro atoms. The second-order valence-electron chi connectivity index (χ2n) is 7.04. The van der Waals surface area contributed by atoms with Gasteiger partial charge in [-0.05, 0) is 31.0 Å². The second kappa shape index (κ2) is 8.66. The van der Waals surface area contributed by atoms with E-state index >= 15 is 0 Å². The van der Waals surface area contributed by atoms with Crippen LogP contribution in [0, 0.1) is 10.1 Å². The number of nitrogens with zero attached hydrogens (tertiary/aromatic N) is 5. The minimum Gasteiger partial charge on any atom is -0.464 e. The number of hydrogen-bond donors (Lipinski definition) is 3. The third-order valence-corrected chi connectivity index (χ3v) is 5.24. The summed E-state index contributed by atoms with van der Waals surface area (Å²) in [7, 11) is 0. The Bertz CT molecular complexity index is 1160. The standard InChI is InChI=1S/C19H18ClN7O4/c20-17-4-3-16(27(30)31)18(23-17)13-8-12-14(9-22-13)21-6-5-15(12)26-7-1-2-11(10-26)24-25-19(28)29/h3-6,8-9,11,24-25H,1-2,7,10H2,(H,28,29). The van der Waals surface area contributed by atoms with E-state index in [1.54, 1.807) is 18.5 Å². The summed E-state index contributed by atoms with van der Waals surface area (Å²) < 4.78 is 0. The molecule has 11 nitrogen and oxygen atoms in total. The van der Waals surface area contributed by atoms with Gasteiger partial charge in [0.05, 0.1) is 22.3 Å². The molecular weight excluding hydrogens is 426 g/mol. The van der Waals surface area contributed by atoms with Gasteiger partial charge in [0, 0.05) is 42.5 Å². The largest absolute Gasteiger partial charge is 0.464 e. The number of nitrogens with one attached hydrogen (secondary N) is 2. The Balaban J connectivity index is 1.73. The van der Waals surface area contributed by atoms with Gasteiger partial charge < -0.3 is 10.0 Å². The molecule has 1 aliphatic heterocycles. The number of fused-ring (bicyclic) bond motifs is 1. The van der Waals surface area contributed by atoms with Crippen LogP contribution in [0.5, 0.6) is 0 Å². The number of hydrogen-bond acceptors (Lipinski definition) is 8. The van der Waals surface area contributed by atoms with Gasteiger partial charge in [-0.15, -0.1) is 0 Å². The van der Waals surface area contributed by atoms with E-state index in [1.807, 2.05) is 6.07 Å². The molecule has 1 unspecified atom stereocenters. The van der Waals surface area contributed by atoms with Crippen molar-refractivity contribution in [3.63, 3.8) is 0 Å². The van der Waals surface area contributed by atoms with Gasteiger partial charge in [-0.3, -0.25) is 25.5 Å². The highest BCUT2D eigenvalue weighted by molar-refractivity contribution is 6.29. The molecule has 1 amide bonds. The molecule has 3 aromatic heterocycles. The van der Waals surface area contributed by atoms with Crippen molar-refractivity contribution in [2.75, 3.05) is 18.0 Å². The Kier molecular flexibility index (Phi) is 5.78. The molecule has 160 valence electrons. The molecule has 0 aliphatic carbocycles. The number of rotatable bonds is 5. The van der Waals surface area contributed by atoms with Crippen LogP contribution in [-0.2, 0) is 0 Å². The van der Waals surface area contributed by atoms with Crippen molar-refractivity contribution in [2.24, 2.45) is 0 Å². The highest BCUT2D eigenvalue weighted by atomic mass is 35.5. The van der Waals surface area contributed by atoms with Gasteiger partial charge in [0.15, 0.2) is 5.69 Å². The van der Waals surface area contributed by atoms with Crippen LogP contribution in [0.4, 0.5) is 16.2 Å². The van der Waals surface area contributed by atoms with Crippen LogP contribution in [0.25, 0.3) is 22.3 Å². The van der Waals surface area contributed by atoms with Crippen LogP contribution < -0.4 is 15.8 Å². The van der Waals surface area contributed by atoms with E-state index < -0.39 is 11.0 Å². The summed E-state index contributed by atoms with van der Waals surface area (Å²) in [5.74, 6) is 0. The predicted molar refractivity (Wildman–Crippen MR) is 114 cm³/mol. The number of pyridine rings is 3. The van der Waals surface area contributed by atoms with Crippen molar-refractivity contribution in [3.05, 3.63) is 51.9 Å². The molecule has 4 rings (SSSR count). The molecule has 0 aromatic carbocycles. The SMILES string of the molecule is O=C(O)NNC1CCCN(c2ccnc3cnc(-c4nc(Cl)ccc4[N+](=O)[O-])cc23)C1. The first-order valence-electron chi connectivity index (χ1n) is 9.48. The summed E-state index contributed by atoms with van der Waals surface area (Å²) in [5.41, 5.74) is 6.73. The number of nitro groups is 1. The number of aromatic nitrogens is 3. The van der Waals surface area contributed by atoms with Crippen LogP contribution in [0.2, 0.25) is 5.15 Å². The average molecular weight is 444 g/mol. The minimum atomic E-state index is -1.14. The molecule has 0 bridgehead atoms. The van der Waals surface area contributed by atoms with Gasteiger partial charge in [0.1, 0.15) is 5.15 Å². The highest BCUT2D eigenvalue weighted by Gasteiger charge is 2.23. The first kappa shape index (κ1) is 20.7. The Morgan fingerprint density at radius 1 is 1.32 bits per heavy atom. The maximum absolute atomic E-state index is 11.4. The summed E-state index contributed by atoms with van der Waals surface area (Å²) in [4.78, 5) is 36.6. The molecule has 3 aromatic rings. The number of halogens is 1. The van der Waals surface area contributed by atoms with Crippen molar-refractivity contribution in [3.8, 4) is 11.4 Å². The molecule has 0 radical (unpaired) electrons. The lowest BCUT2D eigenvalue weighted by Crippen LogP contribution is -2.52. The Hall–Kier alpha value is -3.57. The first-order chi connectivity index (χ1) is 14.9. The highest BCUT2D eigenvalue weighted by Crippen LogP contribution is 2.33. The molecule has 4 heterocycles. The van der Waals surface area contributed by atoms with Gasteiger partial charge in [-0.25, -0.2) is 15.2 Å². The van der Waals surface area contributed by atoms with E-state index in [9.17, 15) is 14.9 Å². The molecular formula is C19H18ClN7O4. The third kappa shape index (κ3) is 4.47. The average Bonchev–Trinajstić information content (AvgIpc) is 2.77. The van der Waals surface area contributed by atoms with Crippen LogP contribution in [0.3, 0.4) is 0 Å². The van der Waals surface area contributed by atoms with Crippen LogP contribution in [0.1, 0.15) is 12.8 Å². The number of carboxylic acid groups (broad SMARTS) is 1. The zero-order chi connectivity index (χ0) is 22.0. The number of amides is 1. The Morgan fingerprint density at radius 2 is 2.16 bits per heavy atom. The number of piperidine rings is 1. The van der Waals surface area contributed by atoms with Crippen molar-refractivity contribution in [2.45, 2.75) is 18.9 Å². The molecule has 1 fully saturated rings. The van der Waals surface area contributed by atoms with Gasteiger partial charge in [0.2, 0.25) is 0 Å². The van der Waals surface area contributed by atoms with E-state index in [-0.39, 0.29) is 22.6 Å². The van der Waals surface area contributed by atoms with E-state index in [4.69, 9.17) is 16.7 Å². The van der Waals surface area contributed by atoms with Gasteiger partial charge >= 0.3 is 6.09 Å². The normalized spacial score (nSPS) is 16.3. The summed E-state index contributed by atoms with van der Waals surface area (Å²) in [5, 5.41) is 21.2. The van der Waals surface area contributed by atoms with Crippen LogP contribution in [0.15, 0.2) is 36.7 Å². The lowest BCUT2D eigenvalue weighted by molar-refractivity contribution is -0.384. The summed E-state index contributed by atoms with van der Waals surface area (Å²) in [6.07, 6.45) is 3.77. The Morgan fingerprint density at radius 3 is 2.94 bits per heavy atom. The van der Waals surface area contributed by atoms with E-state index in [0.29, 0.717) is 17.8 Å². The fourth-order valence-corrected chi connectivity index (χ4v) is 3.83. The van der Waals surface area contributed by atoms with Crippen molar-refractivity contribution in [1.82, 2.24) is 25.8 Å². The van der Waals surface area contributed by atoms with Crippen molar-refractivity contribution < 1.29 is 14.8 Å². The molecule has 31 heavy (non-hydrogen) atoms. The van der Waals surface area contributed by atoms with E-state index in [1.165, 1.54) is 12.1 Å². The van der Waals surface area contributed by atoms with Crippen molar-refractivity contribution in [1.29, 1.82) is 0 Å². The molecule has 0 saturated carbocycles. The molecule has 1 aliphatic rings. The maximum Gasteiger partial charge on any atom is 0.419 e. The van der Waals surface area contributed by atoms with Gasteiger partial charge in [0.25, 0.3) is 5.69 Å². The third-order valence-electron chi connectivity index (χ3n) is 5.03. The summed E-state index contributed by atoms with van der Waals surface area (Å²) in [6.45, 7) is 1.35. The topological polar surface area (TPSA) is 146 Å². The molecule has 12 heteroatoms. The van der Waals surface area contributed by atoms with E-state index in [2.05, 4.69) is 30.7 Å². The zero-order valence-corrected chi connectivity index (χ0v) is 16.9. The number of hydrazine groups is 1. The minimum absolute atomic E-state index is 0.0648. The fourth-order valence-electron chi connectivity index (χ4n) is 3.68. The van der Waals surface area contributed by atoms with E-state index in [0.717, 1.165) is 30.5 Å². The molecule has 1 saturated heterocycles. The smallest absolute Gasteiger partial charge is 0.419 e. The lowest BCUT2D eigenvalue weighted by Gasteiger charge is -2.35. The quantitative estimate of drug-likeness (QED) is 0.307. The monoisotopic (exact) mass is 443 g/mol. The van der Waals surface area contributed by atoms with Crippen LogP contribution >= 0.6 is 11.6 Å². The van der Waals surface area contributed by atoms with Gasteiger partial charge in [-0.1, -0.05) is 11.6 Å². The summed E-state index contributed by atoms with van der Waals surface area (Å²) >= 11 is 5.97. The first-order valence-corrected chi connectivity index (χ1v) is 9.85. The fraction of sp³-hybridized carbons (Fsp3) is 0.263. The lowest BCUT2D eigenvalue weighted by atomic mass is 10.0.